The van der Waals surface area contributed by atoms with Crippen molar-refractivity contribution >= 4 is 33.1 Å². The predicted molar refractivity (Wildman–Crippen MR) is 135 cm³/mol. The predicted octanol–water partition coefficient (Wildman–Crippen LogP) is 6.52. The largest absolute Gasteiger partial charge is 0.444 e. The van der Waals surface area contributed by atoms with Gasteiger partial charge in [-0.2, -0.15) is 0 Å². The van der Waals surface area contributed by atoms with Crippen LogP contribution >= 0.6 is 15.9 Å². The van der Waals surface area contributed by atoms with Crippen LogP contribution in [0, 0.1) is 0 Å². The summed E-state index contributed by atoms with van der Waals surface area (Å²) in [6.07, 6.45) is 5.00. The first kappa shape index (κ1) is 22.5. The van der Waals surface area contributed by atoms with Gasteiger partial charge in [0, 0.05) is 24.5 Å². The second kappa shape index (κ2) is 8.83. The summed E-state index contributed by atoms with van der Waals surface area (Å²) in [5.74, 6) is 1.49. The van der Waals surface area contributed by atoms with Crippen LogP contribution in [0.25, 0.3) is 33.5 Å². The molecule has 174 valence electrons. The number of likely N-dealkylation sites (tertiary alicyclic amines) is 1. The highest BCUT2D eigenvalue weighted by molar-refractivity contribution is 9.10. The Labute approximate surface area is 206 Å². The number of aromatic amines is 1. The van der Waals surface area contributed by atoms with Crippen molar-refractivity contribution in [1.82, 2.24) is 24.8 Å². The monoisotopic (exact) mass is 519 g/mol. The molecular formula is C26H26BrN5O2. The van der Waals surface area contributed by atoms with Crippen LogP contribution in [0.2, 0.25) is 0 Å². The van der Waals surface area contributed by atoms with Crippen molar-refractivity contribution in [2.24, 2.45) is 0 Å². The van der Waals surface area contributed by atoms with Crippen molar-refractivity contribution in [2.45, 2.75) is 45.3 Å². The van der Waals surface area contributed by atoms with Crippen LogP contribution in [-0.4, -0.2) is 43.1 Å². The van der Waals surface area contributed by atoms with Gasteiger partial charge < -0.3 is 9.72 Å². The van der Waals surface area contributed by atoms with Crippen molar-refractivity contribution in [1.29, 1.82) is 0 Å². The SMILES string of the molecule is CC(C)(C)OC(=O)N1CCCC1c1nc2ccc(-c3ccc(-c4ncc(Br)cn4)cc3)cc2[nH]1. The molecule has 0 spiro atoms. The molecule has 0 aliphatic carbocycles. The average Bonchev–Trinajstić information content (AvgIpc) is 3.45. The van der Waals surface area contributed by atoms with E-state index in [1.54, 1.807) is 17.3 Å². The van der Waals surface area contributed by atoms with Gasteiger partial charge in [-0.15, -0.1) is 0 Å². The molecule has 1 amide bonds. The second-order valence-electron chi connectivity index (χ2n) is 9.49. The molecule has 2 aromatic carbocycles. The van der Waals surface area contributed by atoms with E-state index < -0.39 is 5.60 Å². The Hall–Kier alpha value is -3.26. The van der Waals surface area contributed by atoms with E-state index in [0.29, 0.717) is 12.4 Å². The molecule has 0 bridgehead atoms. The summed E-state index contributed by atoms with van der Waals surface area (Å²) in [6, 6.07) is 14.3. The lowest BCUT2D eigenvalue weighted by Gasteiger charge is -2.27. The van der Waals surface area contributed by atoms with Crippen LogP contribution in [0.3, 0.4) is 0 Å². The van der Waals surface area contributed by atoms with Gasteiger partial charge in [0.15, 0.2) is 5.82 Å². The number of aromatic nitrogens is 4. The minimum absolute atomic E-state index is 0.101. The first-order chi connectivity index (χ1) is 16.3. The number of H-pyrrole nitrogens is 1. The minimum atomic E-state index is -0.522. The third kappa shape index (κ3) is 4.68. The molecule has 3 heterocycles. The lowest BCUT2D eigenvalue weighted by atomic mass is 10.0. The summed E-state index contributed by atoms with van der Waals surface area (Å²) in [6.45, 7) is 6.34. The molecular weight excluding hydrogens is 494 g/mol. The summed E-state index contributed by atoms with van der Waals surface area (Å²) >= 11 is 3.37. The van der Waals surface area contributed by atoms with E-state index in [-0.39, 0.29) is 12.1 Å². The average molecular weight is 520 g/mol. The molecule has 1 unspecified atom stereocenters. The van der Waals surface area contributed by atoms with Gasteiger partial charge in [-0.1, -0.05) is 30.3 Å². The summed E-state index contributed by atoms with van der Waals surface area (Å²) in [4.78, 5) is 31.5. The second-order valence-corrected chi connectivity index (χ2v) is 10.4. The zero-order chi connectivity index (χ0) is 23.9. The first-order valence-corrected chi connectivity index (χ1v) is 12.1. The zero-order valence-corrected chi connectivity index (χ0v) is 21.0. The molecule has 1 fully saturated rings. The number of fused-ring (bicyclic) bond motifs is 1. The molecule has 4 aromatic rings. The van der Waals surface area contributed by atoms with Crippen molar-refractivity contribution in [2.75, 3.05) is 6.54 Å². The first-order valence-electron chi connectivity index (χ1n) is 11.3. The number of imidazole rings is 1. The van der Waals surface area contributed by atoms with Crippen LogP contribution in [0.5, 0.6) is 0 Å². The number of carbonyl (C=O) groups is 1. The molecule has 7 nitrogen and oxygen atoms in total. The number of ether oxygens (including phenoxy) is 1. The van der Waals surface area contributed by atoms with Crippen LogP contribution < -0.4 is 0 Å². The van der Waals surface area contributed by atoms with Crippen molar-refractivity contribution in [3.05, 3.63) is 65.2 Å². The van der Waals surface area contributed by atoms with E-state index in [4.69, 9.17) is 9.72 Å². The van der Waals surface area contributed by atoms with Crippen molar-refractivity contribution in [3.8, 4) is 22.5 Å². The Morgan fingerprint density at radius 2 is 1.74 bits per heavy atom. The summed E-state index contributed by atoms with van der Waals surface area (Å²) in [5, 5.41) is 0. The fourth-order valence-electron chi connectivity index (χ4n) is 4.23. The standard InChI is InChI=1S/C26H26BrN5O2/c1-26(2,3)34-25(33)32-12-4-5-22(32)24-30-20-11-10-18(13-21(20)31-24)16-6-8-17(9-7-16)23-28-14-19(27)15-29-23/h6-11,13-15,22H,4-5,12H2,1-3H3,(H,30,31). The van der Waals surface area contributed by atoms with Gasteiger partial charge >= 0.3 is 6.09 Å². The fraction of sp³-hybridized carbons (Fsp3) is 0.308. The number of amides is 1. The summed E-state index contributed by atoms with van der Waals surface area (Å²) in [7, 11) is 0. The van der Waals surface area contributed by atoms with E-state index in [0.717, 1.165) is 50.9 Å². The number of rotatable bonds is 3. The van der Waals surface area contributed by atoms with Crippen molar-refractivity contribution in [3.63, 3.8) is 0 Å². The van der Waals surface area contributed by atoms with E-state index in [1.165, 1.54) is 0 Å². The van der Waals surface area contributed by atoms with Crippen LogP contribution in [-0.2, 0) is 4.74 Å². The zero-order valence-electron chi connectivity index (χ0n) is 19.4. The highest BCUT2D eigenvalue weighted by atomic mass is 79.9. The number of nitrogens with zero attached hydrogens (tertiary/aromatic N) is 4. The topological polar surface area (TPSA) is 84.0 Å². The van der Waals surface area contributed by atoms with Gasteiger partial charge in [0.25, 0.3) is 0 Å². The van der Waals surface area contributed by atoms with Crippen LogP contribution in [0.4, 0.5) is 4.79 Å². The Balaban J connectivity index is 1.38. The molecule has 1 saturated heterocycles. The summed E-state index contributed by atoms with van der Waals surface area (Å²) < 4.78 is 6.46. The number of benzene rings is 2. The lowest BCUT2D eigenvalue weighted by molar-refractivity contribution is 0.0219. The van der Waals surface area contributed by atoms with E-state index in [9.17, 15) is 4.79 Å². The third-order valence-electron chi connectivity index (χ3n) is 5.79. The van der Waals surface area contributed by atoms with E-state index in [1.807, 2.05) is 39.0 Å². The number of carbonyl (C=O) groups excluding carboxylic acids is 1. The van der Waals surface area contributed by atoms with Gasteiger partial charge in [0.05, 0.1) is 21.5 Å². The van der Waals surface area contributed by atoms with Gasteiger partial charge in [0.2, 0.25) is 0 Å². The van der Waals surface area contributed by atoms with Crippen LogP contribution in [0.15, 0.2) is 59.3 Å². The Morgan fingerprint density at radius 1 is 1.06 bits per heavy atom. The fourth-order valence-corrected chi connectivity index (χ4v) is 4.43. The maximum Gasteiger partial charge on any atom is 0.410 e. The smallest absolute Gasteiger partial charge is 0.410 e. The third-order valence-corrected chi connectivity index (χ3v) is 6.20. The maximum absolute atomic E-state index is 12.7. The van der Waals surface area contributed by atoms with E-state index in [2.05, 4.69) is 55.1 Å². The minimum Gasteiger partial charge on any atom is -0.444 e. The number of hydrogen-bond acceptors (Lipinski definition) is 5. The maximum atomic E-state index is 12.7. The molecule has 2 aromatic heterocycles. The number of halogens is 1. The van der Waals surface area contributed by atoms with E-state index >= 15 is 0 Å². The number of nitrogens with one attached hydrogen (secondary N) is 1. The number of hydrogen-bond donors (Lipinski definition) is 1. The quantitative estimate of drug-likeness (QED) is 0.333. The van der Waals surface area contributed by atoms with Crippen LogP contribution in [0.1, 0.15) is 45.5 Å². The molecule has 1 atom stereocenters. The molecule has 1 N–H and O–H groups in total. The Kier molecular flexibility index (Phi) is 5.85. The van der Waals surface area contributed by atoms with Gasteiger partial charge in [-0.25, -0.2) is 19.7 Å². The normalized spacial score (nSPS) is 16.2. The molecule has 34 heavy (non-hydrogen) atoms. The molecule has 5 rings (SSSR count). The molecule has 8 heteroatoms. The lowest BCUT2D eigenvalue weighted by Crippen LogP contribution is -2.36. The Bertz CT molecular complexity index is 1330. The van der Waals surface area contributed by atoms with Gasteiger partial charge in [-0.05, 0) is 72.8 Å². The van der Waals surface area contributed by atoms with Gasteiger partial charge in [-0.3, -0.25) is 4.90 Å². The highest BCUT2D eigenvalue weighted by Crippen LogP contribution is 2.33. The molecule has 1 aliphatic rings. The summed E-state index contributed by atoms with van der Waals surface area (Å²) in [5.41, 5.74) is 4.45. The van der Waals surface area contributed by atoms with Crippen molar-refractivity contribution < 1.29 is 9.53 Å². The Morgan fingerprint density at radius 3 is 2.44 bits per heavy atom. The molecule has 0 saturated carbocycles. The molecule has 1 aliphatic heterocycles. The molecule has 0 radical (unpaired) electrons. The van der Waals surface area contributed by atoms with Gasteiger partial charge in [0.1, 0.15) is 11.4 Å². The highest BCUT2D eigenvalue weighted by Gasteiger charge is 2.34.